The molecule has 3 heteroatoms. The highest BCUT2D eigenvalue weighted by molar-refractivity contribution is 5.17. The van der Waals surface area contributed by atoms with E-state index in [1.165, 1.54) is 6.07 Å². The van der Waals surface area contributed by atoms with Gasteiger partial charge in [0.2, 0.25) is 0 Å². The van der Waals surface area contributed by atoms with Crippen LogP contribution in [-0.4, -0.2) is 13.1 Å². The van der Waals surface area contributed by atoms with Gasteiger partial charge in [0.1, 0.15) is 5.82 Å². The highest BCUT2D eigenvalue weighted by Crippen LogP contribution is 2.08. The van der Waals surface area contributed by atoms with Gasteiger partial charge >= 0.3 is 0 Å². The zero-order chi connectivity index (χ0) is 12.7. The Morgan fingerprint density at radius 2 is 2.06 bits per heavy atom. The minimum absolute atomic E-state index is 0.0237. The van der Waals surface area contributed by atoms with Gasteiger partial charge in [0.25, 0.3) is 0 Å². The first-order valence-electron chi connectivity index (χ1n) is 5.99. The summed E-state index contributed by atoms with van der Waals surface area (Å²) in [4.78, 5) is 0. The summed E-state index contributed by atoms with van der Waals surface area (Å²) in [5, 5.41) is 12.1. The van der Waals surface area contributed by atoms with Crippen LogP contribution in [-0.2, 0) is 6.42 Å². The molecule has 92 valence electrons. The average molecular weight is 234 g/mol. The standard InChI is InChI=1S/C14H19FN2/c1-11(2)13(9-16)10-17-8-7-12-5-3-4-6-14(12)15/h3-6,11,13,17H,7-8,10H2,1-2H3. The number of nitriles is 1. The number of rotatable bonds is 6. The minimum atomic E-state index is -0.157. The van der Waals surface area contributed by atoms with Crippen molar-refractivity contribution in [1.29, 1.82) is 5.26 Å². The van der Waals surface area contributed by atoms with Gasteiger partial charge in [-0.1, -0.05) is 32.0 Å². The Hall–Kier alpha value is -1.40. The Morgan fingerprint density at radius 1 is 1.35 bits per heavy atom. The molecule has 0 radical (unpaired) electrons. The van der Waals surface area contributed by atoms with Crippen LogP contribution >= 0.6 is 0 Å². The smallest absolute Gasteiger partial charge is 0.126 e. The Balaban J connectivity index is 2.30. The van der Waals surface area contributed by atoms with E-state index in [1.807, 2.05) is 19.9 Å². The monoisotopic (exact) mass is 234 g/mol. The van der Waals surface area contributed by atoms with Crippen molar-refractivity contribution in [3.8, 4) is 6.07 Å². The van der Waals surface area contributed by atoms with Crippen LogP contribution in [0.3, 0.4) is 0 Å². The minimum Gasteiger partial charge on any atom is -0.315 e. The van der Waals surface area contributed by atoms with Crippen LogP contribution in [0.25, 0.3) is 0 Å². The lowest BCUT2D eigenvalue weighted by molar-refractivity contribution is 0.443. The summed E-state index contributed by atoms with van der Waals surface area (Å²) in [6.07, 6.45) is 0.656. The molecule has 0 saturated heterocycles. The molecule has 1 rings (SSSR count). The van der Waals surface area contributed by atoms with E-state index >= 15 is 0 Å². The number of benzene rings is 1. The van der Waals surface area contributed by atoms with Crippen molar-refractivity contribution in [3.63, 3.8) is 0 Å². The van der Waals surface area contributed by atoms with Crippen molar-refractivity contribution in [2.24, 2.45) is 11.8 Å². The summed E-state index contributed by atoms with van der Waals surface area (Å²) in [6, 6.07) is 9.07. The molecule has 1 aromatic rings. The molecule has 17 heavy (non-hydrogen) atoms. The van der Waals surface area contributed by atoms with Crippen molar-refractivity contribution < 1.29 is 4.39 Å². The molecular formula is C14H19FN2. The Morgan fingerprint density at radius 3 is 2.65 bits per heavy atom. The first kappa shape index (κ1) is 13.7. The van der Waals surface area contributed by atoms with Crippen molar-refractivity contribution in [3.05, 3.63) is 35.6 Å². The summed E-state index contributed by atoms with van der Waals surface area (Å²) in [5.74, 6) is 0.214. The molecule has 1 aromatic carbocycles. The zero-order valence-corrected chi connectivity index (χ0v) is 10.4. The van der Waals surface area contributed by atoms with Gasteiger partial charge in [-0.3, -0.25) is 0 Å². The maximum absolute atomic E-state index is 13.3. The largest absolute Gasteiger partial charge is 0.315 e. The quantitative estimate of drug-likeness (QED) is 0.768. The molecule has 0 amide bonds. The maximum Gasteiger partial charge on any atom is 0.126 e. The van der Waals surface area contributed by atoms with Crippen LogP contribution in [0, 0.1) is 29.0 Å². The fourth-order valence-electron chi connectivity index (χ4n) is 1.61. The third-order valence-corrected chi connectivity index (χ3v) is 2.86. The maximum atomic E-state index is 13.3. The molecular weight excluding hydrogens is 215 g/mol. The lowest BCUT2D eigenvalue weighted by atomic mass is 9.97. The van der Waals surface area contributed by atoms with Crippen LogP contribution in [0.5, 0.6) is 0 Å². The number of halogens is 1. The fourth-order valence-corrected chi connectivity index (χ4v) is 1.61. The molecule has 0 aromatic heterocycles. The first-order chi connectivity index (χ1) is 8.15. The molecule has 0 aliphatic carbocycles. The van der Waals surface area contributed by atoms with Gasteiger partial charge in [0.15, 0.2) is 0 Å². The molecule has 0 fully saturated rings. The molecule has 1 N–H and O–H groups in total. The second-order valence-electron chi connectivity index (χ2n) is 4.53. The molecule has 0 aliphatic heterocycles. The number of hydrogen-bond acceptors (Lipinski definition) is 2. The summed E-state index contributed by atoms with van der Waals surface area (Å²) in [6.45, 7) is 5.44. The molecule has 0 spiro atoms. The molecule has 1 unspecified atom stereocenters. The van der Waals surface area contributed by atoms with E-state index in [9.17, 15) is 4.39 Å². The Labute approximate surface area is 102 Å². The van der Waals surface area contributed by atoms with Crippen molar-refractivity contribution in [1.82, 2.24) is 5.32 Å². The van der Waals surface area contributed by atoms with E-state index in [0.717, 1.165) is 5.56 Å². The highest BCUT2D eigenvalue weighted by Gasteiger charge is 2.11. The predicted octanol–water partition coefficient (Wildman–Crippen LogP) is 2.75. The van der Waals surface area contributed by atoms with E-state index < -0.39 is 0 Å². The normalized spacial score (nSPS) is 12.4. The lowest BCUT2D eigenvalue weighted by Gasteiger charge is -2.13. The van der Waals surface area contributed by atoms with E-state index in [0.29, 0.717) is 25.4 Å². The summed E-state index contributed by atoms with van der Waals surface area (Å²) in [5.41, 5.74) is 0.720. The number of hydrogen-bond donors (Lipinski definition) is 1. The molecule has 0 saturated carbocycles. The van der Waals surface area contributed by atoms with Gasteiger partial charge in [-0.05, 0) is 30.5 Å². The van der Waals surface area contributed by atoms with E-state index in [1.54, 1.807) is 12.1 Å². The average Bonchev–Trinajstić information content (AvgIpc) is 2.31. The van der Waals surface area contributed by atoms with Gasteiger partial charge in [-0.25, -0.2) is 4.39 Å². The highest BCUT2D eigenvalue weighted by atomic mass is 19.1. The Bertz CT molecular complexity index is 382. The topological polar surface area (TPSA) is 35.8 Å². The van der Waals surface area contributed by atoms with E-state index in [2.05, 4.69) is 11.4 Å². The van der Waals surface area contributed by atoms with Gasteiger partial charge < -0.3 is 5.32 Å². The van der Waals surface area contributed by atoms with Crippen LogP contribution in [0.4, 0.5) is 4.39 Å². The zero-order valence-electron chi connectivity index (χ0n) is 10.4. The van der Waals surface area contributed by atoms with E-state index in [-0.39, 0.29) is 11.7 Å². The van der Waals surface area contributed by atoms with Gasteiger partial charge in [-0.2, -0.15) is 5.26 Å². The predicted molar refractivity (Wildman–Crippen MR) is 66.9 cm³/mol. The molecule has 0 aliphatic rings. The van der Waals surface area contributed by atoms with Gasteiger partial charge in [0, 0.05) is 6.54 Å². The molecule has 1 atom stereocenters. The SMILES string of the molecule is CC(C)C(C#N)CNCCc1ccccc1F. The lowest BCUT2D eigenvalue weighted by Crippen LogP contribution is -2.27. The van der Waals surface area contributed by atoms with Crippen molar-refractivity contribution >= 4 is 0 Å². The van der Waals surface area contributed by atoms with Gasteiger partial charge in [0.05, 0.1) is 12.0 Å². The van der Waals surface area contributed by atoms with E-state index in [4.69, 9.17) is 5.26 Å². The van der Waals surface area contributed by atoms with Crippen molar-refractivity contribution in [2.75, 3.05) is 13.1 Å². The third kappa shape index (κ3) is 4.54. The second-order valence-corrected chi connectivity index (χ2v) is 4.53. The molecule has 2 nitrogen and oxygen atoms in total. The number of nitrogens with zero attached hydrogens (tertiary/aromatic N) is 1. The number of nitrogens with one attached hydrogen (secondary N) is 1. The summed E-state index contributed by atoms with van der Waals surface area (Å²) in [7, 11) is 0. The summed E-state index contributed by atoms with van der Waals surface area (Å²) >= 11 is 0. The summed E-state index contributed by atoms with van der Waals surface area (Å²) < 4.78 is 13.3. The molecule has 0 heterocycles. The Kier molecular flexibility index (Phi) is 5.65. The third-order valence-electron chi connectivity index (χ3n) is 2.86. The second kappa shape index (κ2) is 7.03. The van der Waals surface area contributed by atoms with Gasteiger partial charge in [-0.15, -0.1) is 0 Å². The fraction of sp³-hybridized carbons (Fsp3) is 0.500. The molecule has 0 bridgehead atoms. The van der Waals surface area contributed by atoms with Crippen LogP contribution in [0.15, 0.2) is 24.3 Å². The van der Waals surface area contributed by atoms with Crippen LogP contribution in [0.1, 0.15) is 19.4 Å². The van der Waals surface area contributed by atoms with Crippen LogP contribution in [0.2, 0.25) is 0 Å². The van der Waals surface area contributed by atoms with Crippen LogP contribution < -0.4 is 5.32 Å². The van der Waals surface area contributed by atoms with Crippen molar-refractivity contribution in [2.45, 2.75) is 20.3 Å². The first-order valence-corrected chi connectivity index (χ1v) is 5.99.